The number of nitrogens with zero attached hydrogens (tertiary/aromatic N) is 2. The first-order valence-electron chi connectivity index (χ1n) is 6.98. The summed E-state index contributed by atoms with van der Waals surface area (Å²) in [5, 5.41) is 20.6. The Morgan fingerprint density at radius 3 is 2.71 bits per heavy atom. The lowest BCUT2D eigenvalue weighted by atomic mass is 9.76. The molecule has 1 unspecified atom stereocenters. The second-order valence-corrected chi connectivity index (χ2v) is 6.25. The number of benzene rings is 1. The van der Waals surface area contributed by atoms with Gasteiger partial charge in [0.25, 0.3) is 5.69 Å². The molecule has 0 aliphatic carbocycles. The van der Waals surface area contributed by atoms with Crippen molar-refractivity contribution in [2.45, 2.75) is 39.7 Å². The third-order valence-corrected chi connectivity index (χ3v) is 4.22. The van der Waals surface area contributed by atoms with Gasteiger partial charge in [-0.3, -0.25) is 10.1 Å². The van der Waals surface area contributed by atoms with Gasteiger partial charge in [0.2, 0.25) is 0 Å². The van der Waals surface area contributed by atoms with Crippen molar-refractivity contribution in [2.24, 2.45) is 5.41 Å². The normalized spacial score (nSPS) is 21.1. The number of piperidine rings is 1. The molecule has 1 aliphatic rings. The fraction of sp³-hybridized carbons (Fsp3) is 0.533. The van der Waals surface area contributed by atoms with E-state index in [1.807, 2.05) is 20.8 Å². The molecule has 1 heterocycles. The van der Waals surface area contributed by atoms with Crippen molar-refractivity contribution in [1.82, 2.24) is 0 Å². The van der Waals surface area contributed by atoms with Gasteiger partial charge in [0.05, 0.1) is 4.92 Å². The van der Waals surface area contributed by atoms with Crippen LogP contribution in [-0.2, 0) is 4.79 Å². The largest absolute Gasteiger partial charge is 0.480 e. The molecule has 2 rings (SSSR count). The average molecular weight is 292 g/mol. The molecular weight excluding hydrogens is 272 g/mol. The first-order valence-corrected chi connectivity index (χ1v) is 6.98. The molecule has 1 atom stereocenters. The summed E-state index contributed by atoms with van der Waals surface area (Å²) >= 11 is 0. The van der Waals surface area contributed by atoms with Crippen LogP contribution in [0.2, 0.25) is 0 Å². The van der Waals surface area contributed by atoms with Crippen LogP contribution in [0.4, 0.5) is 11.4 Å². The Kier molecular flexibility index (Phi) is 3.89. The maximum absolute atomic E-state index is 11.7. The van der Waals surface area contributed by atoms with Crippen LogP contribution in [0.5, 0.6) is 0 Å². The van der Waals surface area contributed by atoms with E-state index in [1.165, 1.54) is 12.1 Å². The minimum absolute atomic E-state index is 0.0110. The van der Waals surface area contributed by atoms with Crippen LogP contribution in [0.3, 0.4) is 0 Å². The topological polar surface area (TPSA) is 83.7 Å². The Morgan fingerprint density at radius 1 is 1.48 bits per heavy atom. The summed E-state index contributed by atoms with van der Waals surface area (Å²) in [5.74, 6) is -0.884. The van der Waals surface area contributed by atoms with Crippen LogP contribution in [-0.4, -0.2) is 28.6 Å². The first kappa shape index (κ1) is 15.3. The fourth-order valence-electron chi connectivity index (χ4n) is 3.14. The van der Waals surface area contributed by atoms with E-state index in [0.717, 1.165) is 18.4 Å². The van der Waals surface area contributed by atoms with Gasteiger partial charge >= 0.3 is 5.97 Å². The number of hydrogen-bond acceptors (Lipinski definition) is 4. The zero-order valence-electron chi connectivity index (χ0n) is 12.5. The Bertz CT molecular complexity index is 583. The number of aliphatic carboxylic acids is 1. The van der Waals surface area contributed by atoms with Crippen molar-refractivity contribution in [3.05, 3.63) is 33.9 Å². The van der Waals surface area contributed by atoms with Crippen molar-refractivity contribution in [3.63, 3.8) is 0 Å². The van der Waals surface area contributed by atoms with Gasteiger partial charge in [0, 0.05) is 24.4 Å². The van der Waals surface area contributed by atoms with E-state index in [0.29, 0.717) is 12.2 Å². The zero-order chi connectivity index (χ0) is 15.8. The number of carboxylic acids is 1. The molecule has 6 heteroatoms. The van der Waals surface area contributed by atoms with Crippen LogP contribution in [0.1, 0.15) is 32.3 Å². The minimum atomic E-state index is -0.884. The standard InChI is InChI=1S/C15H20N2O4/c1-10-5-6-11(17(20)21)9-12(10)16-8-4-7-15(2,3)13(16)14(18)19/h5-6,9,13H,4,7-8H2,1-3H3,(H,18,19). The van der Waals surface area contributed by atoms with E-state index in [9.17, 15) is 20.0 Å². The molecule has 1 N–H and O–H groups in total. The van der Waals surface area contributed by atoms with Crippen LogP contribution in [0, 0.1) is 22.5 Å². The lowest BCUT2D eigenvalue weighted by Gasteiger charge is -2.45. The number of carbonyl (C=O) groups is 1. The maximum atomic E-state index is 11.7. The maximum Gasteiger partial charge on any atom is 0.326 e. The monoisotopic (exact) mass is 292 g/mol. The SMILES string of the molecule is Cc1ccc([N+](=O)[O-])cc1N1CCCC(C)(C)C1C(=O)O. The highest BCUT2D eigenvalue weighted by molar-refractivity contribution is 5.80. The summed E-state index contributed by atoms with van der Waals surface area (Å²) in [6.45, 7) is 6.32. The summed E-state index contributed by atoms with van der Waals surface area (Å²) in [6, 6.07) is 3.93. The van der Waals surface area contributed by atoms with Crippen molar-refractivity contribution in [2.75, 3.05) is 11.4 Å². The number of carboxylic acid groups (broad SMARTS) is 1. The van der Waals surface area contributed by atoms with Gasteiger partial charge in [0.1, 0.15) is 6.04 Å². The molecule has 1 aliphatic heterocycles. The van der Waals surface area contributed by atoms with Crippen molar-refractivity contribution < 1.29 is 14.8 Å². The molecule has 6 nitrogen and oxygen atoms in total. The number of rotatable bonds is 3. The minimum Gasteiger partial charge on any atom is -0.480 e. The van der Waals surface area contributed by atoms with Crippen LogP contribution < -0.4 is 4.90 Å². The van der Waals surface area contributed by atoms with E-state index in [1.54, 1.807) is 11.0 Å². The first-order chi connectivity index (χ1) is 9.74. The molecule has 1 aromatic carbocycles. The van der Waals surface area contributed by atoms with E-state index < -0.39 is 16.9 Å². The third kappa shape index (κ3) is 2.84. The molecule has 0 spiro atoms. The number of nitro benzene ring substituents is 1. The average Bonchev–Trinajstić information content (AvgIpc) is 2.36. The number of anilines is 1. The smallest absolute Gasteiger partial charge is 0.326 e. The molecule has 0 amide bonds. The molecule has 1 saturated heterocycles. The number of nitro groups is 1. The molecule has 114 valence electrons. The molecular formula is C15H20N2O4. The predicted octanol–water partition coefficient (Wildman–Crippen LogP) is 2.98. The molecule has 0 aromatic heterocycles. The summed E-state index contributed by atoms with van der Waals surface area (Å²) < 4.78 is 0. The van der Waals surface area contributed by atoms with Gasteiger partial charge in [-0.05, 0) is 30.7 Å². The summed E-state index contributed by atoms with van der Waals surface area (Å²) in [5.41, 5.74) is 1.11. The molecule has 0 radical (unpaired) electrons. The van der Waals surface area contributed by atoms with Crippen LogP contribution >= 0.6 is 0 Å². The van der Waals surface area contributed by atoms with E-state index >= 15 is 0 Å². The van der Waals surface area contributed by atoms with Crippen LogP contribution in [0.25, 0.3) is 0 Å². The third-order valence-electron chi connectivity index (χ3n) is 4.22. The highest BCUT2D eigenvalue weighted by atomic mass is 16.6. The lowest BCUT2D eigenvalue weighted by Crippen LogP contribution is -2.54. The molecule has 0 bridgehead atoms. The number of aryl methyl sites for hydroxylation is 1. The van der Waals surface area contributed by atoms with E-state index in [4.69, 9.17) is 0 Å². The summed E-state index contributed by atoms with van der Waals surface area (Å²) in [7, 11) is 0. The van der Waals surface area contributed by atoms with Gasteiger partial charge in [-0.2, -0.15) is 0 Å². The Morgan fingerprint density at radius 2 is 2.14 bits per heavy atom. The lowest BCUT2D eigenvalue weighted by molar-refractivity contribution is -0.384. The number of hydrogen-bond donors (Lipinski definition) is 1. The molecule has 1 fully saturated rings. The fourth-order valence-corrected chi connectivity index (χ4v) is 3.14. The molecule has 21 heavy (non-hydrogen) atoms. The quantitative estimate of drug-likeness (QED) is 0.684. The van der Waals surface area contributed by atoms with Gasteiger partial charge in [0.15, 0.2) is 0 Å². The Labute approximate surface area is 123 Å². The highest BCUT2D eigenvalue weighted by Gasteiger charge is 2.43. The van der Waals surface area contributed by atoms with Gasteiger partial charge in [-0.1, -0.05) is 19.9 Å². The Balaban J connectivity index is 2.50. The number of non-ortho nitro benzene ring substituents is 1. The predicted molar refractivity (Wildman–Crippen MR) is 79.6 cm³/mol. The van der Waals surface area contributed by atoms with Crippen LogP contribution in [0.15, 0.2) is 18.2 Å². The zero-order valence-corrected chi connectivity index (χ0v) is 12.5. The second kappa shape index (κ2) is 5.35. The van der Waals surface area contributed by atoms with Gasteiger partial charge in [-0.15, -0.1) is 0 Å². The Hall–Kier alpha value is -2.11. The van der Waals surface area contributed by atoms with E-state index in [2.05, 4.69) is 0 Å². The van der Waals surface area contributed by atoms with Crippen molar-refractivity contribution in [1.29, 1.82) is 0 Å². The molecule has 0 saturated carbocycles. The van der Waals surface area contributed by atoms with E-state index in [-0.39, 0.29) is 11.1 Å². The van der Waals surface area contributed by atoms with Crippen molar-refractivity contribution in [3.8, 4) is 0 Å². The van der Waals surface area contributed by atoms with Gasteiger partial charge < -0.3 is 10.0 Å². The van der Waals surface area contributed by atoms with Gasteiger partial charge in [-0.25, -0.2) is 4.79 Å². The second-order valence-electron chi connectivity index (χ2n) is 6.25. The van der Waals surface area contributed by atoms with Crippen molar-refractivity contribution >= 4 is 17.3 Å². The summed E-state index contributed by atoms with van der Waals surface area (Å²) in [4.78, 5) is 24.0. The highest BCUT2D eigenvalue weighted by Crippen LogP contribution is 2.39. The summed E-state index contributed by atoms with van der Waals surface area (Å²) in [6.07, 6.45) is 1.70. The molecule has 1 aromatic rings.